The maximum atomic E-state index is 13.8. The predicted octanol–water partition coefficient (Wildman–Crippen LogP) is 5.78. The first-order valence-electron chi connectivity index (χ1n) is 13.1. The SMILES string of the molecule is O=C1C2C(C(=O)N1c1ccccc1)[C@@H]1C[C@H]2C2Sc3[nH]c(=O)sc3C(c3ccc(-c4ccccc4)cc3)C21. The Hall–Kier alpha value is -3.42. The van der Waals surface area contributed by atoms with Gasteiger partial charge in [-0.2, -0.15) is 0 Å². The molecule has 1 saturated heterocycles. The number of anilines is 1. The Labute approximate surface area is 227 Å². The molecule has 7 heteroatoms. The van der Waals surface area contributed by atoms with E-state index in [1.54, 1.807) is 11.8 Å². The van der Waals surface area contributed by atoms with Crippen LogP contribution in [-0.2, 0) is 9.59 Å². The van der Waals surface area contributed by atoms with Crippen molar-refractivity contribution < 1.29 is 9.59 Å². The lowest BCUT2D eigenvalue weighted by atomic mass is 9.68. The van der Waals surface area contributed by atoms with Gasteiger partial charge in [0, 0.05) is 16.0 Å². The second-order valence-corrected chi connectivity index (χ2v) is 13.0. The third kappa shape index (κ3) is 3.09. The van der Waals surface area contributed by atoms with Gasteiger partial charge in [-0.3, -0.25) is 19.3 Å². The molecule has 2 bridgehead atoms. The first-order chi connectivity index (χ1) is 18.6. The highest BCUT2D eigenvalue weighted by atomic mass is 32.2. The van der Waals surface area contributed by atoms with Gasteiger partial charge in [-0.05, 0) is 53.0 Å². The molecule has 4 aromatic rings. The molecule has 3 aromatic carbocycles. The van der Waals surface area contributed by atoms with Crippen molar-refractivity contribution in [3.05, 3.63) is 105 Å². The number of carbonyl (C=O) groups excluding carboxylic acids is 2. The van der Waals surface area contributed by atoms with Crippen molar-refractivity contribution in [2.45, 2.75) is 22.6 Å². The van der Waals surface area contributed by atoms with E-state index >= 15 is 0 Å². The zero-order valence-corrected chi connectivity index (χ0v) is 22.0. The molecule has 7 atom stereocenters. The Morgan fingerprint density at radius 3 is 2.08 bits per heavy atom. The number of H-pyrrole nitrogens is 1. The van der Waals surface area contributed by atoms with Crippen LogP contribution in [0.2, 0.25) is 0 Å². The summed E-state index contributed by atoms with van der Waals surface area (Å²) in [5.41, 5.74) is 4.17. The minimum atomic E-state index is -0.280. The number of thioether (sulfide) groups is 1. The van der Waals surface area contributed by atoms with E-state index in [0.717, 1.165) is 21.9 Å². The fourth-order valence-corrected chi connectivity index (χ4v) is 10.6. The Bertz CT molecular complexity index is 1630. The lowest BCUT2D eigenvalue weighted by Crippen LogP contribution is -2.42. The van der Waals surface area contributed by atoms with Gasteiger partial charge in [-0.1, -0.05) is 84.1 Å². The normalized spacial score (nSPS) is 30.8. The summed E-state index contributed by atoms with van der Waals surface area (Å²) in [4.78, 5) is 45.5. The smallest absolute Gasteiger partial charge is 0.305 e. The van der Waals surface area contributed by atoms with Crippen LogP contribution < -0.4 is 9.77 Å². The molecule has 1 N–H and O–H groups in total. The molecule has 2 aliphatic carbocycles. The molecular weight excluding hydrogens is 512 g/mol. The highest BCUT2D eigenvalue weighted by molar-refractivity contribution is 8.00. The van der Waals surface area contributed by atoms with E-state index in [0.29, 0.717) is 5.69 Å². The van der Waals surface area contributed by atoms with Crippen molar-refractivity contribution in [3.63, 3.8) is 0 Å². The summed E-state index contributed by atoms with van der Waals surface area (Å²) in [5, 5.41) is 1.14. The quantitative estimate of drug-likeness (QED) is 0.337. The fourth-order valence-electron chi connectivity index (χ4n) is 7.74. The van der Waals surface area contributed by atoms with Gasteiger partial charge >= 0.3 is 4.87 Å². The summed E-state index contributed by atoms with van der Waals surface area (Å²) in [7, 11) is 0. The predicted molar refractivity (Wildman–Crippen MR) is 149 cm³/mol. The molecule has 3 heterocycles. The minimum Gasteiger partial charge on any atom is -0.307 e. The van der Waals surface area contributed by atoms with E-state index in [1.807, 2.05) is 48.5 Å². The summed E-state index contributed by atoms with van der Waals surface area (Å²) in [5.74, 6) is -0.147. The number of carbonyl (C=O) groups is 2. The highest BCUT2D eigenvalue weighted by Crippen LogP contribution is 2.68. The summed E-state index contributed by atoms with van der Waals surface area (Å²) in [6, 6.07) is 28.4. The molecule has 0 spiro atoms. The van der Waals surface area contributed by atoms with E-state index in [2.05, 4.69) is 41.4 Å². The lowest BCUT2D eigenvalue weighted by Gasteiger charge is -2.43. The zero-order chi connectivity index (χ0) is 25.5. The topological polar surface area (TPSA) is 70.2 Å². The van der Waals surface area contributed by atoms with E-state index in [-0.39, 0.29) is 57.4 Å². The molecule has 38 heavy (non-hydrogen) atoms. The first-order valence-corrected chi connectivity index (χ1v) is 14.8. The third-order valence-corrected chi connectivity index (χ3v) is 11.7. The van der Waals surface area contributed by atoms with Gasteiger partial charge in [0.25, 0.3) is 0 Å². The highest BCUT2D eigenvalue weighted by Gasteiger charge is 2.69. The standard InChI is InChI=1S/C31H24N2O3S2/c34-29-24-20-15-21(25(24)30(35)33(29)19-9-5-2-6-10-19)26-23(20)22(27-28(37-26)32-31(36)38-27)18-13-11-17(12-14-18)16-7-3-1-4-8-16/h1-14,20-26H,15H2,(H,32,36)/t20-,21-,22?,23?,24?,25?,26?/m1/s1. The zero-order valence-electron chi connectivity index (χ0n) is 20.3. The van der Waals surface area contributed by atoms with Crippen LogP contribution >= 0.6 is 23.1 Å². The van der Waals surface area contributed by atoms with Gasteiger partial charge in [0.2, 0.25) is 11.8 Å². The number of aromatic amines is 1. The third-order valence-electron chi connectivity index (χ3n) is 9.12. The maximum Gasteiger partial charge on any atom is 0.305 e. The van der Waals surface area contributed by atoms with Crippen LogP contribution in [0.25, 0.3) is 11.1 Å². The number of aromatic nitrogens is 1. The minimum absolute atomic E-state index is 0.0367. The maximum absolute atomic E-state index is 13.8. The summed E-state index contributed by atoms with van der Waals surface area (Å²) >= 11 is 3.03. The molecule has 5 nitrogen and oxygen atoms in total. The molecule has 8 rings (SSSR count). The van der Waals surface area contributed by atoms with Gasteiger partial charge in [0.15, 0.2) is 0 Å². The molecular formula is C31H24N2O3S2. The number of hydrogen-bond donors (Lipinski definition) is 1. The Morgan fingerprint density at radius 1 is 0.737 bits per heavy atom. The van der Waals surface area contributed by atoms with E-state index in [9.17, 15) is 14.4 Å². The number of fused-ring (bicyclic) bond motifs is 9. The number of nitrogens with one attached hydrogen (secondary N) is 1. The van der Waals surface area contributed by atoms with Gasteiger partial charge < -0.3 is 4.98 Å². The number of imide groups is 1. The second kappa shape index (κ2) is 8.29. The fraction of sp³-hybridized carbons (Fsp3) is 0.258. The van der Waals surface area contributed by atoms with E-state index in [1.165, 1.54) is 27.4 Å². The molecule has 0 radical (unpaired) electrons. The molecule has 4 aliphatic rings. The van der Waals surface area contributed by atoms with Crippen molar-refractivity contribution in [3.8, 4) is 11.1 Å². The molecule has 188 valence electrons. The number of para-hydroxylation sites is 1. The monoisotopic (exact) mass is 536 g/mol. The summed E-state index contributed by atoms with van der Waals surface area (Å²) in [6.07, 6.45) is 0.898. The average Bonchev–Trinajstić information content (AvgIpc) is 3.68. The van der Waals surface area contributed by atoms with Gasteiger partial charge in [0.1, 0.15) is 0 Å². The van der Waals surface area contributed by atoms with Gasteiger partial charge in [-0.25, -0.2) is 0 Å². The number of benzene rings is 3. The Morgan fingerprint density at radius 2 is 1.37 bits per heavy atom. The molecule has 2 aliphatic heterocycles. The number of rotatable bonds is 3. The van der Waals surface area contributed by atoms with Crippen LogP contribution in [0.3, 0.4) is 0 Å². The van der Waals surface area contributed by atoms with Crippen LogP contribution in [0, 0.1) is 29.6 Å². The van der Waals surface area contributed by atoms with E-state index < -0.39 is 0 Å². The van der Waals surface area contributed by atoms with Crippen LogP contribution in [0.5, 0.6) is 0 Å². The molecule has 5 unspecified atom stereocenters. The molecule has 3 fully saturated rings. The summed E-state index contributed by atoms with van der Waals surface area (Å²) in [6.45, 7) is 0. The van der Waals surface area contributed by atoms with E-state index in [4.69, 9.17) is 0 Å². The van der Waals surface area contributed by atoms with Crippen LogP contribution in [-0.4, -0.2) is 22.0 Å². The van der Waals surface area contributed by atoms with Gasteiger partial charge in [0.05, 0.1) is 22.5 Å². The van der Waals surface area contributed by atoms with Crippen LogP contribution in [0.15, 0.2) is 94.7 Å². The lowest BCUT2D eigenvalue weighted by molar-refractivity contribution is -0.123. The number of amides is 2. The number of hydrogen-bond acceptors (Lipinski definition) is 5. The van der Waals surface area contributed by atoms with Crippen LogP contribution in [0.1, 0.15) is 22.8 Å². The molecule has 2 saturated carbocycles. The van der Waals surface area contributed by atoms with Crippen molar-refractivity contribution in [1.29, 1.82) is 0 Å². The number of nitrogens with zero attached hydrogens (tertiary/aromatic N) is 1. The number of thiazole rings is 1. The second-order valence-electron chi connectivity index (χ2n) is 10.8. The van der Waals surface area contributed by atoms with Gasteiger partial charge in [-0.15, -0.1) is 11.8 Å². The Kier molecular flexibility index (Phi) is 4.92. The first kappa shape index (κ1) is 22.6. The summed E-state index contributed by atoms with van der Waals surface area (Å²) < 4.78 is 0. The van der Waals surface area contributed by atoms with Crippen molar-refractivity contribution in [2.24, 2.45) is 29.6 Å². The van der Waals surface area contributed by atoms with Crippen molar-refractivity contribution >= 4 is 40.6 Å². The van der Waals surface area contributed by atoms with Crippen molar-refractivity contribution in [2.75, 3.05) is 4.90 Å². The molecule has 2 amide bonds. The van der Waals surface area contributed by atoms with Crippen LogP contribution in [0.4, 0.5) is 5.69 Å². The average molecular weight is 537 g/mol. The largest absolute Gasteiger partial charge is 0.307 e. The van der Waals surface area contributed by atoms with Crippen molar-refractivity contribution in [1.82, 2.24) is 4.98 Å². The molecule has 1 aromatic heterocycles. The Balaban J connectivity index is 1.20.